The van der Waals surface area contributed by atoms with Gasteiger partial charge in [0.1, 0.15) is 5.75 Å². The molecule has 2 aromatic carbocycles. The fourth-order valence-corrected chi connectivity index (χ4v) is 4.29. The van der Waals surface area contributed by atoms with E-state index < -0.39 is 0 Å². The molecule has 0 aliphatic heterocycles. The van der Waals surface area contributed by atoms with Crippen molar-refractivity contribution in [2.75, 3.05) is 7.11 Å². The van der Waals surface area contributed by atoms with Gasteiger partial charge in [0, 0.05) is 17.0 Å². The van der Waals surface area contributed by atoms with E-state index in [1.807, 2.05) is 30.3 Å². The summed E-state index contributed by atoms with van der Waals surface area (Å²) in [4.78, 5) is 18.2. The molecule has 1 fully saturated rings. The molecule has 0 atom stereocenters. The van der Waals surface area contributed by atoms with E-state index in [4.69, 9.17) is 9.72 Å². The molecule has 0 bridgehead atoms. The van der Waals surface area contributed by atoms with Crippen LogP contribution in [-0.2, 0) is 0 Å². The number of hydrogen-bond donors (Lipinski definition) is 1. The van der Waals surface area contributed by atoms with Crippen LogP contribution >= 0.6 is 0 Å². The molecule has 4 nitrogen and oxygen atoms in total. The smallest absolute Gasteiger partial charge is 0.252 e. The SMILES string of the molecule is COc1ccc(-c2cc(C(=O)NC3CCCCC3)c3cc(C)cc(C)c3n2)cc1. The van der Waals surface area contributed by atoms with Crippen molar-refractivity contribution in [2.45, 2.75) is 52.0 Å². The number of hydrogen-bond acceptors (Lipinski definition) is 3. The molecule has 1 saturated carbocycles. The molecule has 0 spiro atoms. The van der Waals surface area contributed by atoms with Gasteiger partial charge in [-0.2, -0.15) is 0 Å². The highest BCUT2D eigenvalue weighted by Crippen LogP contribution is 2.29. The quantitative estimate of drug-likeness (QED) is 0.634. The predicted molar refractivity (Wildman–Crippen MR) is 118 cm³/mol. The van der Waals surface area contributed by atoms with E-state index in [0.717, 1.165) is 51.9 Å². The van der Waals surface area contributed by atoms with E-state index in [-0.39, 0.29) is 11.9 Å². The maximum atomic E-state index is 13.3. The normalized spacial score (nSPS) is 14.7. The van der Waals surface area contributed by atoms with Gasteiger partial charge in [-0.3, -0.25) is 4.79 Å². The average molecular weight is 389 g/mol. The minimum atomic E-state index is 0.00376. The van der Waals surface area contributed by atoms with E-state index in [0.29, 0.717) is 5.56 Å². The van der Waals surface area contributed by atoms with Crippen molar-refractivity contribution >= 4 is 16.8 Å². The lowest BCUT2D eigenvalue weighted by atomic mass is 9.94. The standard InChI is InChI=1S/C25H28N2O2/c1-16-13-17(2)24-21(14-16)22(25(28)26-19-7-5-4-6-8-19)15-23(27-24)18-9-11-20(29-3)12-10-18/h9-15,19H,4-8H2,1-3H3,(H,26,28). The van der Waals surface area contributed by atoms with Crippen LogP contribution in [0.1, 0.15) is 53.6 Å². The number of aryl methyl sites for hydroxylation is 2. The van der Waals surface area contributed by atoms with Crippen molar-refractivity contribution in [1.82, 2.24) is 10.3 Å². The maximum absolute atomic E-state index is 13.3. The zero-order valence-electron chi connectivity index (χ0n) is 17.4. The van der Waals surface area contributed by atoms with Gasteiger partial charge in [-0.25, -0.2) is 4.98 Å². The zero-order chi connectivity index (χ0) is 20.4. The topological polar surface area (TPSA) is 51.2 Å². The van der Waals surface area contributed by atoms with Crippen molar-refractivity contribution in [3.63, 3.8) is 0 Å². The number of carbonyl (C=O) groups excluding carboxylic acids is 1. The Hall–Kier alpha value is -2.88. The molecular weight excluding hydrogens is 360 g/mol. The Morgan fingerprint density at radius 2 is 1.76 bits per heavy atom. The Labute approximate surface area is 172 Å². The third kappa shape index (κ3) is 4.12. The lowest BCUT2D eigenvalue weighted by Gasteiger charge is -2.23. The Balaban J connectivity index is 1.80. The van der Waals surface area contributed by atoms with Gasteiger partial charge in [0.25, 0.3) is 5.91 Å². The molecule has 0 radical (unpaired) electrons. The van der Waals surface area contributed by atoms with E-state index >= 15 is 0 Å². The van der Waals surface area contributed by atoms with Gasteiger partial charge in [-0.1, -0.05) is 30.9 Å². The number of fused-ring (bicyclic) bond motifs is 1. The summed E-state index contributed by atoms with van der Waals surface area (Å²) < 4.78 is 5.27. The van der Waals surface area contributed by atoms with Crippen LogP contribution in [0, 0.1) is 13.8 Å². The Morgan fingerprint density at radius 3 is 2.45 bits per heavy atom. The Kier molecular flexibility index (Phi) is 5.52. The fourth-order valence-electron chi connectivity index (χ4n) is 4.29. The molecule has 4 heteroatoms. The second-order valence-corrected chi connectivity index (χ2v) is 8.07. The van der Waals surface area contributed by atoms with Gasteiger partial charge in [-0.15, -0.1) is 0 Å². The second-order valence-electron chi connectivity index (χ2n) is 8.07. The van der Waals surface area contributed by atoms with E-state index in [1.165, 1.54) is 19.3 Å². The van der Waals surface area contributed by atoms with Crippen LogP contribution < -0.4 is 10.1 Å². The molecule has 1 aliphatic carbocycles. The number of ether oxygens (including phenoxy) is 1. The number of methoxy groups -OCH3 is 1. The van der Waals surface area contributed by atoms with Crippen molar-refractivity contribution in [3.8, 4) is 17.0 Å². The number of nitrogens with zero attached hydrogens (tertiary/aromatic N) is 1. The van der Waals surface area contributed by atoms with Gasteiger partial charge in [0.2, 0.25) is 0 Å². The summed E-state index contributed by atoms with van der Waals surface area (Å²) in [6.07, 6.45) is 5.79. The minimum Gasteiger partial charge on any atom is -0.497 e. The minimum absolute atomic E-state index is 0.00376. The van der Waals surface area contributed by atoms with Crippen LogP contribution in [0.2, 0.25) is 0 Å². The maximum Gasteiger partial charge on any atom is 0.252 e. The van der Waals surface area contributed by atoms with Crippen LogP contribution in [0.3, 0.4) is 0 Å². The Morgan fingerprint density at radius 1 is 1.03 bits per heavy atom. The third-order valence-corrected chi connectivity index (χ3v) is 5.82. The highest BCUT2D eigenvalue weighted by atomic mass is 16.5. The molecule has 1 heterocycles. The number of pyridine rings is 1. The van der Waals surface area contributed by atoms with Gasteiger partial charge in [0.15, 0.2) is 0 Å². The molecule has 0 unspecified atom stereocenters. The van der Waals surface area contributed by atoms with E-state index in [1.54, 1.807) is 7.11 Å². The number of rotatable bonds is 4. The molecule has 1 aromatic heterocycles. The third-order valence-electron chi connectivity index (χ3n) is 5.82. The van der Waals surface area contributed by atoms with Gasteiger partial charge in [0.05, 0.1) is 23.9 Å². The summed E-state index contributed by atoms with van der Waals surface area (Å²) >= 11 is 0. The number of carbonyl (C=O) groups is 1. The van der Waals surface area contributed by atoms with Crippen molar-refractivity contribution in [1.29, 1.82) is 0 Å². The highest BCUT2D eigenvalue weighted by molar-refractivity contribution is 6.08. The molecule has 150 valence electrons. The molecule has 4 rings (SSSR count). The summed E-state index contributed by atoms with van der Waals surface area (Å²) in [6, 6.07) is 14.2. The molecule has 1 N–H and O–H groups in total. The first-order chi connectivity index (χ1) is 14.0. The summed E-state index contributed by atoms with van der Waals surface area (Å²) in [5, 5.41) is 4.20. The molecule has 3 aromatic rings. The molecule has 1 aliphatic rings. The molecular formula is C25H28N2O2. The molecule has 1 amide bonds. The van der Waals surface area contributed by atoms with Gasteiger partial charge < -0.3 is 10.1 Å². The Bertz CT molecular complexity index is 1030. The zero-order valence-corrected chi connectivity index (χ0v) is 17.4. The number of benzene rings is 2. The summed E-state index contributed by atoms with van der Waals surface area (Å²) in [5.41, 5.74) is 5.60. The number of aromatic nitrogens is 1. The summed E-state index contributed by atoms with van der Waals surface area (Å²) in [7, 11) is 1.66. The second kappa shape index (κ2) is 8.24. The summed E-state index contributed by atoms with van der Waals surface area (Å²) in [6.45, 7) is 4.12. The molecule has 0 saturated heterocycles. The molecule has 29 heavy (non-hydrogen) atoms. The van der Waals surface area contributed by atoms with Crippen LogP contribution in [0.25, 0.3) is 22.2 Å². The highest BCUT2D eigenvalue weighted by Gasteiger charge is 2.20. The van der Waals surface area contributed by atoms with Crippen LogP contribution in [-0.4, -0.2) is 24.0 Å². The van der Waals surface area contributed by atoms with Crippen LogP contribution in [0.15, 0.2) is 42.5 Å². The first-order valence-corrected chi connectivity index (χ1v) is 10.4. The largest absolute Gasteiger partial charge is 0.497 e. The predicted octanol–water partition coefficient (Wildman–Crippen LogP) is 5.59. The van der Waals surface area contributed by atoms with Crippen LogP contribution in [0.4, 0.5) is 0 Å². The summed E-state index contributed by atoms with van der Waals surface area (Å²) in [5.74, 6) is 0.806. The van der Waals surface area contributed by atoms with Crippen LogP contribution in [0.5, 0.6) is 5.75 Å². The van der Waals surface area contributed by atoms with Gasteiger partial charge >= 0.3 is 0 Å². The first kappa shape index (κ1) is 19.4. The van der Waals surface area contributed by atoms with E-state index in [9.17, 15) is 4.79 Å². The lowest BCUT2D eigenvalue weighted by molar-refractivity contribution is 0.0929. The first-order valence-electron chi connectivity index (χ1n) is 10.4. The number of amides is 1. The van der Waals surface area contributed by atoms with Crippen molar-refractivity contribution < 1.29 is 9.53 Å². The monoisotopic (exact) mass is 388 g/mol. The number of nitrogens with one attached hydrogen (secondary N) is 1. The average Bonchev–Trinajstić information content (AvgIpc) is 2.74. The van der Waals surface area contributed by atoms with Gasteiger partial charge in [-0.05, 0) is 68.7 Å². The fraction of sp³-hybridized carbons (Fsp3) is 0.360. The van der Waals surface area contributed by atoms with E-state index in [2.05, 4.69) is 31.3 Å². The van der Waals surface area contributed by atoms with Crippen molar-refractivity contribution in [2.24, 2.45) is 0 Å². The van der Waals surface area contributed by atoms with Crippen molar-refractivity contribution in [3.05, 3.63) is 59.2 Å². The lowest BCUT2D eigenvalue weighted by Crippen LogP contribution is -2.36.